The van der Waals surface area contributed by atoms with E-state index in [0.717, 1.165) is 12.1 Å². The van der Waals surface area contributed by atoms with E-state index in [9.17, 15) is 18.8 Å². The first-order chi connectivity index (χ1) is 15.0. The monoisotopic (exact) mass is 447 g/mol. The lowest BCUT2D eigenvalue weighted by atomic mass is 10.1. The highest BCUT2D eigenvalue weighted by Crippen LogP contribution is 2.29. The van der Waals surface area contributed by atoms with Gasteiger partial charge in [-0.3, -0.25) is 14.9 Å². The maximum Gasteiger partial charge on any atom is 0.412 e. The summed E-state index contributed by atoms with van der Waals surface area (Å²) in [5.74, 6) is -1.02. The van der Waals surface area contributed by atoms with Crippen molar-refractivity contribution >= 4 is 29.3 Å². The lowest BCUT2D eigenvalue weighted by Crippen LogP contribution is -2.27. The Morgan fingerprint density at radius 3 is 2.31 bits per heavy atom. The molecule has 0 saturated carbocycles. The van der Waals surface area contributed by atoms with Gasteiger partial charge in [-0.05, 0) is 57.2 Å². The van der Waals surface area contributed by atoms with Crippen LogP contribution < -0.4 is 25.4 Å². The Balaban J connectivity index is 2.20. The lowest BCUT2D eigenvalue weighted by Gasteiger charge is -2.20. The average molecular weight is 447 g/mol. The molecule has 0 aliphatic carbocycles. The summed E-state index contributed by atoms with van der Waals surface area (Å²) in [7, 11) is 2.87. The Bertz CT molecular complexity index is 1000. The molecule has 0 atom stereocenters. The molecule has 32 heavy (non-hydrogen) atoms. The number of nitrogens with one attached hydrogen (secondary N) is 3. The predicted octanol–water partition coefficient (Wildman–Crippen LogP) is 3.56. The van der Waals surface area contributed by atoms with Crippen molar-refractivity contribution in [2.24, 2.45) is 0 Å². The van der Waals surface area contributed by atoms with E-state index in [4.69, 9.17) is 14.2 Å². The SMILES string of the molecule is CNC(=O)COc1ccc(C(=O)Nc2cc(F)ccc2NC(=O)OC(C)(C)C)cc1OC. The van der Waals surface area contributed by atoms with Gasteiger partial charge in [0.1, 0.15) is 11.4 Å². The van der Waals surface area contributed by atoms with Crippen LogP contribution in [0.5, 0.6) is 11.5 Å². The highest BCUT2D eigenvalue weighted by molar-refractivity contribution is 6.07. The second kappa shape index (κ2) is 10.5. The number of rotatable bonds is 7. The first kappa shape index (κ1) is 24.4. The van der Waals surface area contributed by atoms with Crippen LogP contribution in [0.4, 0.5) is 20.6 Å². The zero-order valence-corrected chi connectivity index (χ0v) is 18.5. The smallest absolute Gasteiger partial charge is 0.412 e. The van der Waals surface area contributed by atoms with E-state index in [2.05, 4.69) is 16.0 Å². The first-order valence-corrected chi connectivity index (χ1v) is 9.64. The molecule has 0 aliphatic rings. The number of hydrogen-bond donors (Lipinski definition) is 3. The predicted molar refractivity (Wildman–Crippen MR) is 117 cm³/mol. The molecule has 0 bridgehead atoms. The molecule has 2 aromatic carbocycles. The Morgan fingerprint density at radius 2 is 1.69 bits per heavy atom. The number of ether oxygens (including phenoxy) is 3. The summed E-state index contributed by atoms with van der Waals surface area (Å²) in [6.07, 6.45) is -0.751. The Morgan fingerprint density at radius 1 is 0.969 bits per heavy atom. The summed E-state index contributed by atoms with van der Waals surface area (Å²) in [6, 6.07) is 7.87. The molecule has 0 fully saturated rings. The molecule has 10 heteroatoms. The van der Waals surface area contributed by atoms with Crippen molar-refractivity contribution in [3.63, 3.8) is 0 Å². The number of benzene rings is 2. The van der Waals surface area contributed by atoms with Gasteiger partial charge in [-0.15, -0.1) is 0 Å². The number of likely N-dealkylation sites (N-methyl/N-ethyl adjacent to an activating group) is 1. The van der Waals surface area contributed by atoms with Crippen molar-refractivity contribution in [2.75, 3.05) is 31.4 Å². The second-order valence-corrected chi connectivity index (χ2v) is 7.60. The van der Waals surface area contributed by atoms with Crippen molar-refractivity contribution in [1.82, 2.24) is 5.32 Å². The quantitative estimate of drug-likeness (QED) is 0.598. The second-order valence-electron chi connectivity index (χ2n) is 7.60. The maximum atomic E-state index is 13.8. The average Bonchev–Trinajstić information content (AvgIpc) is 2.72. The molecule has 0 aromatic heterocycles. The largest absolute Gasteiger partial charge is 0.493 e. The van der Waals surface area contributed by atoms with Gasteiger partial charge in [0, 0.05) is 12.6 Å². The van der Waals surface area contributed by atoms with Crippen molar-refractivity contribution in [3.8, 4) is 11.5 Å². The van der Waals surface area contributed by atoms with E-state index in [1.54, 1.807) is 20.8 Å². The molecule has 3 N–H and O–H groups in total. The van der Waals surface area contributed by atoms with Gasteiger partial charge in [-0.25, -0.2) is 9.18 Å². The van der Waals surface area contributed by atoms with E-state index in [0.29, 0.717) is 0 Å². The molecule has 9 nitrogen and oxygen atoms in total. The van der Waals surface area contributed by atoms with E-state index < -0.39 is 23.4 Å². The molecule has 2 aromatic rings. The highest BCUT2D eigenvalue weighted by atomic mass is 19.1. The summed E-state index contributed by atoms with van der Waals surface area (Å²) >= 11 is 0. The number of halogens is 1. The summed E-state index contributed by atoms with van der Waals surface area (Å²) in [5, 5.41) is 7.47. The van der Waals surface area contributed by atoms with Crippen LogP contribution in [-0.4, -0.2) is 44.3 Å². The van der Waals surface area contributed by atoms with Gasteiger partial charge in [0.2, 0.25) is 0 Å². The fourth-order valence-electron chi connectivity index (χ4n) is 2.48. The van der Waals surface area contributed by atoms with E-state index in [1.165, 1.54) is 38.4 Å². The minimum Gasteiger partial charge on any atom is -0.493 e. The topological polar surface area (TPSA) is 115 Å². The van der Waals surface area contributed by atoms with E-state index in [1.807, 2.05) is 0 Å². The number of amides is 3. The van der Waals surface area contributed by atoms with Crippen molar-refractivity contribution in [2.45, 2.75) is 26.4 Å². The normalized spacial score (nSPS) is 10.7. The number of anilines is 2. The Labute approximate surface area is 185 Å². The van der Waals surface area contributed by atoms with Crippen LogP contribution in [0.3, 0.4) is 0 Å². The lowest BCUT2D eigenvalue weighted by molar-refractivity contribution is -0.122. The minimum absolute atomic E-state index is 0.0415. The van der Waals surface area contributed by atoms with Crippen molar-refractivity contribution < 1.29 is 33.0 Å². The molecule has 0 spiro atoms. The van der Waals surface area contributed by atoms with Gasteiger partial charge in [-0.2, -0.15) is 0 Å². The molecule has 0 aliphatic heterocycles. The van der Waals surface area contributed by atoms with Gasteiger partial charge in [0.15, 0.2) is 18.1 Å². The highest BCUT2D eigenvalue weighted by Gasteiger charge is 2.19. The van der Waals surface area contributed by atoms with Crippen LogP contribution in [0.2, 0.25) is 0 Å². The first-order valence-electron chi connectivity index (χ1n) is 9.64. The van der Waals surface area contributed by atoms with Gasteiger partial charge >= 0.3 is 6.09 Å². The number of carbonyl (C=O) groups excluding carboxylic acids is 3. The molecule has 2 rings (SSSR count). The summed E-state index contributed by atoms with van der Waals surface area (Å²) in [4.78, 5) is 36.2. The summed E-state index contributed by atoms with van der Waals surface area (Å²) in [5.41, 5.74) is -0.348. The van der Waals surface area contributed by atoms with Gasteiger partial charge < -0.3 is 24.8 Å². The van der Waals surface area contributed by atoms with Crippen LogP contribution in [0, 0.1) is 5.82 Å². The Hall–Kier alpha value is -3.82. The van der Waals surface area contributed by atoms with Crippen molar-refractivity contribution in [1.29, 1.82) is 0 Å². The number of hydrogen-bond acceptors (Lipinski definition) is 6. The van der Waals surface area contributed by atoms with Gasteiger partial charge in [0.05, 0.1) is 18.5 Å². The van der Waals surface area contributed by atoms with Crippen LogP contribution in [0.1, 0.15) is 31.1 Å². The molecule has 0 radical (unpaired) electrons. The zero-order valence-electron chi connectivity index (χ0n) is 18.5. The molecule has 0 heterocycles. The minimum atomic E-state index is -0.751. The molecule has 3 amide bonds. The fourth-order valence-corrected chi connectivity index (χ4v) is 2.48. The Kier molecular flexibility index (Phi) is 8.00. The van der Waals surface area contributed by atoms with E-state index >= 15 is 0 Å². The van der Waals surface area contributed by atoms with Crippen LogP contribution in [0.25, 0.3) is 0 Å². The third-order valence-electron chi connectivity index (χ3n) is 3.93. The van der Waals surface area contributed by atoms with Crippen LogP contribution in [0.15, 0.2) is 36.4 Å². The van der Waals surface area contributed by atoms with Gasteiger partial charge in [0.25, 0.3) is 11.8 Å². The fraction of sp³-hybridized carbons (Fsp3) is 0.318. The standard InChI is InChI=1S/C22H26FN3O6/c1-22(2,3)32-21(29)26-15-8-7-14(23)11-16(15)25-20(28)13-6-9-17(18(10-13)30-5)31-12-19(27)24-4/h6-11H,12H2,1-5H3,(H,24,27)(H,25,28)(H,26,29). The molecule has 0 unspecified atom stereocenters. The van der Waals surface area contributed by atoms with Crippen molar-refractivity contribution in [3.05, 3.63) is 47.8 Å². The zero-order chi connectivity index (χ0) is 23.9. The summed E-state index contributed by atoms with van der Waals surface area (Å²) in [6.45, 7) is 4.89. The van der Waals surface area contributed by atoms with Crippen LogP contribution >= 0.6 is 0 Å². The third kappa shape index (κ3) is 7.15. The van der Waals surface area contributed by atoms with Crippen LogP contribution in [-0.2, 0) is 9.53 Å². The molecule has 172 valence electrons. The third-order valence-corrected chi connectivity index (χ3v) is 3.93. The number of carbonyl (C=O) groups is 3. The molecular formula is C22H26FN3O6. The molecular weight excluding hydrogens is 421 g/mol. The molecule has 0 saturated heterocycles. The van der Waals surface area contributed by atoms with E-state index in [-0.39, 0.29) is 41.0 Å². The van der Waals surface area contributed by atoms with Gasteiger partial charge in [-0.1, -0.05) is 0 Å². The summed E-state index contributed by atoms with van der Waals surface area (Å²) < 4.78 is 29.6. The maximum absolute atomic E-state index is 13.8. The number of methoxy groups -OCH3 is 1.